The van der Waals surface area contributed by atoms with Gasteiger partial charge < -0.3 is 15.4 Å². The van der Waals surface area contributed by atoms with Crippen LogP contribution in [0.5, 0.6) is 5.75 Å². The van der Waals surface area contributed by atoms with Crippen LogP contribution in [0.2, 0.25) is 0 Å². The van der Waals surface area contributed by atoms with Gasteiger partial charge in [-0.15, -0.1) is 12.4 Å². The van der Waals surface area contributed by atoms with E-state index in [1.807, 2.05) is 11.8 Å². The Bertz CT molecular complexity index is 741. The first-order valence-corrected chi connectivity index (χ1v) is 10.6. The zero-order chi connectivity index (χ0) is 18.7. The van der Waals surface area contributed by atoms with Crippen LogP contribution in [0.25, 0.3) is 0 Å². The third-order valence-corrected chi connectivity index (χ3v) is 6.82. The first kappa shape index (κ1) is 21.9. The van der Waals surface area contributed by atoms with Crippen LogP contribution in [0.1, 0.15) is 26.2 Å². The summed E-state index contributed by atoms with van der Waals surface area (Å²) in [5.74, 6) is 1.52. The van der Waals surface area contributed by atoms with Crippen LogP contribution >= 0.6 is 12.4 Å². The van der Waals surface area contributed by atoms with Crippen molar-refractivity contribution in [1.29, 1.82) is 0 Å². The third-order valence-electron chi connectivity index (χ3n) is 5.34. The maximum atomic E-state index is 12.4. The largest absolute Gasteiger partial charge is 0.494 e. The van der Waals surface area contributed by atoms with Gasteiger partial charge in [0.05, 0.1) is 11.5 Å². The van der Waals surface area contributed by atoms with E-state index in [-0.39, 0.29) is 42.2 Å². The van der Waals surface area contributed by atoms with E-state index >= 15 is 0 Å². The number of nitrogens with zero attached hydrogens (tertiary/aromatic N) is 1. The average molecular weight is 418 g/mol. The zero-order valence-electron chi connectivity index (χ0n) is 15.5. The first-order valence-electron chi connectivity index (χ1n) is 9.16. The van der Waals surface area contributed by atoms with E-state index in [1.165, 1.54) is 12.1 Å². The molecule has 1 aromatic rings. The number of halogens is 1. The van der Waals surface area contributed by atoms with E-state index in [4.69, 9.17) is 10.5 Å². The molecule has 152 valence electrons. The Morgan fingerprint density at radius 1 is 1.26 bits per heavy atom. The van der Waals surface area contributed by atoms with Crippen molar-refractivity contribution in [3.05, 3.63) is 24.3 Å². The van der Waals surface area contributed by atoms with Crippen LogP contribution in [0.4, 0.5) is 0 Å². The minimum atomic E-state index is -3.63. The molecule has 1 aromatic carbocycles. The smallest absolute Gasteiger partial charge is 0.240 e. The van der Waals surface area contributed by atoms with Crippen molar-refractivity contribution < 1.29 is 17.9 Å². The molecule has 0 radical (unpaired) electrons. The lowest BCUT2D eigenvalue weighted by Gasteiger charge is -2.19. The highest BCUT2D eigenvalue weighted by Crippen LogP contribution is 2.37. The van der Waals surface area contributed by atoms with Crippen LogP contribution in [0.3, 0.4) is 0 Å². The molecule has 1 heterocycles. The fourth-order valence-electron chi connectivity index (χ4n) is 3.93. The average Bonchev–Trinajstić information content (AvgIpc) is 3.18. The normalized spacial score (nSPS) is 24.4. The number of rotatable bonds is 7. The maximum absolute atomic E-state index is 12.4. The van der Waals surface area contributed by atoms with Crippen molar-refractivity contribution in [2.45, 2.75) is 37.1 Å². The molecule has 0 spiro atoms. The Morgan fingerprint density at radius 2 is 1.96 bits per heavy atom. The minimum Gasteiger partial charge on any atom is -0.494 e. The quantitative estimate of drug-likeness (QED) is 0.697. The summed E-state index contributed by atoms with van der Waals surface area (Å²) in [6, 6.07) is 6.43. The number of carbonyl (C=O) groups excluding carboxylic acids is 1. The van der Waals surface area contributed by atoms with Gasteiger partial charge in [-0.3, -0.25) is 4.79 Å². The van der Waals surface area contributed by atoms with Crippen molar-refractivity contribution in [2.24, 2.45) is 17.6 Å². The Kier molecular flexibility index (Phi) is 7.50. The molecule has 3 atom stereocenters. The predicted molar refractivity (Wildman–Crippen MR) is 105 cm³/mol. The number of ether oxygens (including phenoxy) is 1. The van der Waals surface area contributed by atoms with Crippen molar-refractivity contribution in [1.82, 2.24) is 9.62 Å². The molecule has 2 fully saturated rings. The van der Waals surface area contributed by atoms with Gasteiger partial charge in [0, 0.05) is 32.1 Å². The van der Waals surface area contributed by atoms with Crippen LogP contribution in [0, 0.1) is 11.8 Å². The molecule has 0 aromatic heterocycles. The molecule has 1 aliphatic heterocycles. The summed E-state index contributed by atoms with van der Waals surface area (Å²) in [5, 5.41) is 0. The summed E-state index contributed by atoms with van der Waals surface area (Å²) < 4.78 is 32.4. The summed E-state index contributed by atoms with van der Waals surface area (Å²) in [5.41, 5.74) is 6.09. The molecular weight excluding hydrogens is 390 g/mol. The van der Waals surface area contributed by atoms with Crippen molar-refractivity contribution in [3.8, 4) is 5.75 Å². The van der Waals surface area contributed by atoms with Crippen LogP contribution in [-0.2, 0) is 14.8 Å². The number of hydrogen-bond donors (Lipinski definition) is 2. The first-order chi connectivity index (χ1) is 12.4. The summed E-state index contributed by atoms with van der Waals surface area (Å²) in [6.45, 7) is 3.94. The molecule has 3 rings (SSSR count). The second-order valence-electron chi connectivity index (χ2n) is 7.02. The summed E-state index contributed by atoms with van der Waals surface area (Å²) in [6.07, 6.45) is 2.28. The van der Waals surface area contributed by atoms with Crippen molar-refractivity contribution >= 4 is 28.3 Å². The van der Waals surface area contributed by atoms with Crippen LogP contribution < -0.4 is 15.2 Å². The van der Waals surface area contributed by atoms with Crippen LogP contribution in [0.15, 0.2) is 29.2 Å². The number of nitrogens with one attached hydrogen (secondary N) is 1. The molecule has 1 aliphatic carbocycles. The molecular formula is C18H28ClN3O4S. The predicted octanol–water partition coefficient (Wildman–Crippen LogP) is 1.37. The molecule has 9 heteroatoms. The van der Waals surface area contributed by atoms with Gasteiger partial charge in [0.1, 0.15) is 5.75 Å². The number of fused-ring (bicyclic) bond motifs is 1. The number of amides is 1. The van der Waals surface area contributed by atoms with E-state index in [0.717, 1.165) is 19.4 Å². The molecule has 1 saturated heterocycles. The lowest BCUT2D eigenvalue weighted by Crippen LogP contribution is -2.35. The zero-order valence-corrected chi connectivity index (χ0v) is 17.1. The maximum Gasteiger partial charge on any atom is 0.240 e. The topological polar surface area (TPSA) is 102 Å². The van der Waals surface area contributed by atoms with Gasteiger partial charge in [0.2, 0.25) is 15.9 Å². The minimum absolute atomic E-state index is 0. The number of nitrogens with two attached hydrogens (primary N) is 1. The van der Waals surface area contributed by atoms with Crippen molar-refractivity contribution in [2.75, 3.05) is 26.2 Å². The number of likely N-dealkylation sites (tertiary alicyclic amines) is 1. The highest BCUT2D eigenvalue weighted by Gasteiger charge is 2.42. The Labute approximate surface area is 167 Å². The van der Waals surface area contributed by atoms with Gasteiger partial charge in [0.25, 0.3) is 0 Å². The highest BCUT2D eigenvalue weighted by atomic mass is 35.5. The van der Waals surface area contributed by atoms with Gasteiger partial charge in [-0.25, -0.2) is 13.1 Å². The lowest BCUT2D eigenvalue weighted by atomic mass is 9.98. The summed E-state index contributed by atoms with van der Waals surface area (Å²) in [4.78, 5) is 14.4. The fraction of sp³-hybridized carbons (Fsp3) is 0.611. The van der Waals surface area contributed by atoms with Gasteiger partial charge in [-0.1, -0.05) is 0 Å². The standard InChI is InChI=1S/C18H27N3O4S.ClH/c1-2-25-14-4-6-15(7-5-14)26(23,24)20-10-9-18(22)21-11-13-3-8-17(19)16(13)12-21;/h4-7,13,16-17,20H,2-3,8-12,19H2,1H3;1H. The lowest BCUT2D eigenvalue weighted by molar-refractivity contribution is -0.130. The van der Waals surface area contributed by atoms with E-state index in [2.05, 4.69) is 4.72 Å². The Hall–Kier alpha value is -1.35. The third kappa shape index (κ3) is 5.13. The molecule has 3 unspecified atom stereocenters. The van der Waals surface area contributed by atoms with Gasteiger partial charge >= 0.3 is 0 Å². The number of hydrogen-bond acceptors (Lipinski definition) is 5. The number of carbonyl (C=O) groups is 1. The van der Waals surface area contributed by atoms with E-state index < -0.39 is 10.0 Å². The molecule has 3 N–H and O–H groups in total. The second kappa shape index (κ2) is 9.23. The van der Waals surface area contributed by atoms with Crippen molar-refractivity contribution in [3.63, 3.8) is 0 Å². The van der Waals surface area contributed by atoms with Crippen LogP contribution in [-0.4, -0.2) is 51.5 Å². The number of benzene rings is 1. The van der Waals surface area contributed by atoms with E-state index in [1.54, 1.807) is 12.1 Å². The number of sulfonamides is 1. The van der Waals surface area contributed by atoms with E-state index in [9.17, 15) is 13.2 Å². The molecule has 7 nitrogen and oxygen atoms in total. The van der Waals surface area contributed by atoms with E-state index in [0.29, 0.717) is 30.7 Å². The van der Waals surface area contributed by atoms with Gasteiger partial charge in [0.15, 0.2) is 0 Å². The molecule has 0 bridgehead atoms. The second-order valence-corrected chi connectivity index (χ2v) is 8.78. The molecule has 27 heavy (non-hydrogen) atoms. The van der Waals surface area contributed by atoms with Gasteiger partial charge in [-0.05, 0) is 55.9 Å². The summed E-state index contributed by atoms with van der Waals surface area (Å²) in [7, 11) is -3.63. The molecule has 2 aliphatic rings. The highest BCUT2D eigenvalue weighted by molar-refractivity contribution is 7.89. The molecule has 1 saturated carbocycles. The Morgan fingerprint density at radius 3 is 2.59 bits per heavy atom. The summed E-state index contributed by atoms with van der Waals surface area (Å²) >= 11 is 0. The van der Waals surface area contributed by atoms with Gasteiger partial charge in [-0.2, -0.15) is 0 Å². The Balaban J connectivity index is 0.00000261. The monoisotopic (exact) mass is 417 g/mol. The SMILES string of the molecule is CCOc1ccc(S(=O)(=O)NCCC(=O)N2CC3CCC(N)C3C2)cc1.Cl. The molecule has 1 amide bonds. The fourth-order valence-corrected chi connectivity index (χ4v) is 4.96.